The number of benzene rings is 1. The molecule has 3 heteroatoms. The highest BCUT2D eigenvalue weighted by Crippen LogP contribution is 2.28. The molecule has 14 heavy (non-hydrogen) atoms. The Morgan fingerprint density at radius 1 is 1.21 bits per heavy atom. The van der Waals surface area contributed by atoms with E-state index in [4.69, 9.17) is 0 Å². The zero-order chi connectivity index (χ0) is 10.1. The molecule has 0 atom stereocenters. The predicted octanol–water partition coefficient (Wildman–Crippen LogP) is 2.01. The Morgan fingerprint density at radius 2 is 2.00 bits per heavy atom. The molecular weight excluding hydrogens is 176 g/mol. The van der Waals surface area contributed by atoms with E-state index in [9.17, 15) is 5.11 Å². The zero-order valence-electron chi connectivity index (χ0n) is 8.23. The molecule has 1 N–H and O–H groups in total. The standard InChI is InChI=1S/C11H12N2O/c1-13(2)9-6-7-12-11-8(9)4-3-5-10(11)14/h3-7,14H,1-2H3. The van der Waals surface area contributed by atoms with Crippen LogP contribution in [0.1, 0.15) is 0 Å². The second kappa shape index (κ2) is 3.18. The largest absolute Gasteiger partial charge is 0.506 e. The maximum Gasteiger partial charge on any atom is 0.141 e. The van der Waals surface area contributed by atoms with Crippen LogP contribution in [-0.4, -0.2) is 24.2 Å². The minimum Gasteiger partial charge on any atom is -0.506 e. The van der Waals surface area contributed by atoms with Crippen LogP contribution in [-0.2, 0) is 0 Å². The number of phenolic OH excluding ortho intramolecular Hbond substituents is 1. The molecule has 72 valence electrons. The Balaban J connectivity index is 2.81. The van der Waals surface area contributed by atoms with Crippen LogP contribution in [0.25, 0.3) is 10.9 Å². The molecule has 1 aromatic carbocycles. The topological polar surface area (TPSA) is 36.4 Å². The molecule has 0 unspecified atom stereocenters. The number of hydrogen-bond donors (Lipinski definition) is 1. The van der Waals surface area contributed by atoms with Crippen LogP contribution in [0.5, 0.6) is 5.75 Å². The van der Waals surface area contributed by atoms with Crippen molar-refractivity contribution in [1.82, 2.24) is 4.98 Å². The smallest absolute Gasteiger partial charge is 0.141 e. The number of aromatic hydroxyl groups is 1. The molecule has 0 amide bonds. The van der Waals surface area contributed by atoms with Crippen LogP contribution in [0.2, 0.25) is 0 Å². The molecule has 0 fully saturated rings. The third-order valence-electron chi connectivity index (χ3n) is 2.21. The Labute approximate surface area is 82.6 Å². The second-order valence-electron chi connectivity index (χ2n) is 3.40. The number of rotatable bonds is 1. The van der Waals surface area contributed by atoms with E-state index in [1.807, 2.05) is 37.2 Å². The van der Waals surface area contributed by atoms with Gasteiger partial charge in [-0.2, -0.15) is 0 Å². The molecule has 0 radical (unpaired) electrons. The Bertz CT molecular complexity index is 466. The second-order valence-corrected chi connectivity index (χ2v) is 3.40. The van der Waals surface area contributed by atoms with Gasteiger partial charge >= 0.3 is 0 Å². The molecular formula is C11H12N2O. The molecule has 0 aliphatic heterocycles. The van der Waals surface area contributed by atoms with Crippen LogP contribution in [0.3, 0.4) is 0 Å². The van der Waals surface area contributed by atoms with Gasteiger partial charge in [0.2, 0.25) is 0 Å². The Hall–Kier alpha value is -1.77. The lowest BCUT2D eigenvalue weighted by molar-refractivity contribution is 0.480. The summed E-state index contributed by atoms with van der Waals surface area (Å²) >= 11 is 0. The highest BCUT2D eigenvalue weighted by atomic mass is 16.3. The first-order chi connectivity index (χ1) is 6.70. The number of hydrogen-bond acceptors (Lipinski definition) is 3. The summed E-state index contributed by atoms with van der Waals surface area (Å²) in [5.74, 6) is 0.228. The van der Waals surface area contributed by atoms with E-state index in [1.165, 1.54) is 0 Å². The van der Waals surface area contributed by atoms with E-state index < -0.39 is 0 Å². The lowest BCUT2D eigenvalue weighted by Crippen LogP contribution is -2.09. The number of pyridine rings is 1. The van der Waals surface area contributed by atoms with E-state index in [1.54, 1.807) is 12.3 Å². The third kappa shape index (κ3) is 1.27. The summed E-state index contributed by atoms with van der Waals surface area (Å²) in [5, 5.41) is 10.6. The van der Waals surface area contributed by atoms with Crippen LogP contribution in [0, 0.1) is 0 Å². The van der Waals surface area contributed by atoms with Gasteiger partial charge in [0.05, 0.1) is 0 Å². The van der Waals surface area contributed by atoms with E-state index >= 15 is 0 Å². The van der Waals surface area contributed by atoms with Crippen LogP contribution in [0.4, 0.5) is 5.69 Å². The molecule has 1 heterocycles. The molecule has 0 aliphatic rings. The van der Waals surface area contributed by atoms with Gasteiger partial charge in [-0.3, -0.25) is 4.98 Å². The van der Waals surface area contributed by atoms with Gasteiger partial charge in [0.15, 0.2) is 0 Å². The number of nitrogens with zero attached hydrogens (tertiary/aromatic N) is 2. The number of anilines is 1. The van der Waals surface area contributed by atoms with Crippen molar-refractivity contribution in [3.8, 4) is 5.75 Å². The minimum absolute atomic E-state index is 0.228. The molecule has 2 aromatic rings. The van der Waals surface area contributed by atoms with Crippen LogP contribution >= 0.6 is 0 Å². The molecule has 3 nitrogen and oxygen atoms in total. The quantitative estimate of drug-likeness (QED) is 0.743. The lowest BCUT2D eigenvalue weighted by atomic mass is 10.1. The van der Waals surface area contributed by atoms with Crippen molar-refractivity contribution in [2.45, 2.75) is 0 Å². The van der Waals surface area contributed by atoms with Crippen molar-refractivity contribution in [1.29, 1.82) is 0 Å². The van der Waals surface area contributed by atoms with E-state index in [2.05, 4.69) is 4.98 Å². The van der Waals surface area contributed by atoms with E-state index in [0.717, 1.165) is 11.1 Å². The first kappa shape index (κ1) is 8.81. The molecule has 0 aliphatic carbocycles. The summed E-state index contributed by atoms with van der Waals surface area (Å²) in [6, 6.07) is 7.36. The number of aromatic nitrogens is 1. The maximum atomic E-state index is 9.60. The van der Waals surface area contributed by atoms with Gasteiger partial charge in [0.25, 0.3) is 0 Å². The summed E-state index contributed by atoms with van der Waals surface area (Å²) in [4.78, 5) is 6.15. The summed E-state index contributed by atoms with van der Waals surface area (Å²) in [7, 11) is 3.94. The first-order valence-electron chi connectivity index (χ1n) is 4.44. The maximum absolute atomic E-state index is 9.60. The van der Waals surface area contributed by atoms with Gasteiger partial charge in [-0.15, -0.1) is 0 Å². The van der Waals surface area contributed by atoms with Crippen LogP contribution in [0.15, 0.2) is 30.5 Å². The average Bonchev–Trinajstić information content (AvgIpc) is 2.17. The van der Waals surface area contributed by atoms with E-state index in [0.29, 0.717) is 5.52 Å². The predicted molar refractivity (Wildman–Crippen MR) is 57.7 cm³/mol. The first-order valence-corrected chi connectivity index (χ1v) is 4.44. The summed E-state index contributed by atoms with van der Waals surface area (Å²) in [6.07, 6.45) is 1.71. The van der Waals surface area contributed by atoms with Gasteiger partial charge in [-0.1, -0.05) is 12.1 Å². The monoisotopic (exact) mass is 188 g/mol. The van der Waals surface area contributed by atoms with Gasteiger partial charge < -0.3 is 10.0 Å². The fourth-order valence-corrected chi connectivity index (χ4v) is 1.54. The average molecular weight is 188 g/mol. The molecule has 2 rings (SSSR count). The lowest BCUT2D eigenvalue weighted by Gasteiger charge is -2.14. The fraction of sp³-hybridized carbons (Fsp3) is 0.182. The van der Waals surface area contributed by atoms with Gasteiger partial charge in [-0.05, 0) is 12.1 Å². The highest BCUT2D eigenvalue weighted by molar-refractivity contribution is 5.94. The number of phenols is 1. The van der Waals surface area contributed by atoms with Crippen molar-refractivity contribution in [2.24, 2.45) is 0 Å². The van der Waals surface area contributed by atoms with Crippen molar-refractivity contribution >= 4 is 16.6 Å². The van der Waals surface area contributed by atoms with E-state index in [-0.39, 0.29) is 5.75 Å². The summed E-state index contributed by atoms with van der Waals surface area (Å²) in [6.45, 7) is 0. The number of para-hydroxylation sites is 1. The van der Waals surface area contributed by atoms with Crippen molar-refractivity contribution < 1.29 is 5.11 Å². The molecule has 1 aromatic heterocycles. The number of fused-ring (bicyclic) bond motifs is 1. The van der Waals surface area contributed by atoms with Crippen molar-refractivity contribution in [3.63, 3.8) is 0 Å². The normalized spacial score (nSPS) is 10.4. The van der Waals surface area contributed by atoms with Crippen molar-refractivity contribution in [3.05, 3.63) is 30.5 Å². The van der Waals surface area contributed by atoms with Crippen LogP contribution < -0.4 is 4.90 Å². The van der Waals surface area contributed by atoms with Gasteiger partial charge in [-0.25, -0.2) is 0 Å². The van der Waals surface area contributed by atoms with Gasteiger partial charge in [0, 0.05) is 31.4 Å². The summed E-state index contributed by atoms with van der Waals surface area (Å²) in [5.41, 5.74) is 1.71. The fourth-order valence-electron chi connectivity index (χ4n) is 1.54. The summed E-state index contributed by atoms with van der Waals surface area (Å²) < 4.78 is 0. The minimum atomic E-state index is 0.228. The van der Waals surface area contributed by atoms with Crippen molar-refractivity contribution in [2.75, 3.05) is 19.0 Å². The molecule has 0 saturated heterocycles. The Morgan fingerprint density at radius 3 is 2.71 bits per heavy atom. The molecule has 0 saturated carbocycles. The third-order valence-corrected chi connectivity index (χ3v) is 2.21. The zero-order valence-corrected chi connectivity index (χ0v) is 8.23. The molecule has 0 bridgehead atoms. The SMILES string of the molecule is CN(C)c1ccnc2c(O)cccc12. The van der Waals surface area contributed by atoms with Gasteiger partial charge in [0.1, 0.15) is 11.3 Å². The Kier molecular flexibility index (Phi) is 2.00. The highest BCUT2D eigenvalue weighted by Gasteiger charge is 2.05. The molecule has 0 spiro atoms.